The van der Waals surface area contributed by atoms with Gasteiger partial charge in [0.1, 0.15) is 17.8 Å². The van der Waals surface area contributed by atoms with Gasteiger partial charge in [-0.15, -0.1) is 10.2 Å². The van der Waals surface area contributed by atoms with E-state index in [2.05, 4.69) is 10.2 Å². The molecule has 3 aromatic rings. The summed E-state index contributed by atoms with van der Waals surface area (Å²) in [5, 5.41) is 8.43. The SMILES string of the molecule is CN1C(=O)C2C(N(C)C1=O)n1c(-c3c(F)cccc3Cl)nnc1N2Cc1ccccc1F. The van der Waals surface area contributed by atoms with E-state index >= 15 is 0 Å². The van der Waals surface area contributed by atoms with Gasteiger partial charge in [0, 0.05) is 26.2 Å². The maximum atomic E-state index is 14.7. The number of hydrogen-bond donors (Lipinski definition) is 0. The Kier molecular flexibility index (Phi) is 4.63. The van der Waals surface area contributed by atoms with Crippen LogP contribution in [0.15, 0.2) is 42.5 Å². The summed E-state index contributed by atoms with van der Waals surface area (Å²) in [6, 6.07) is 8.95. The van der Waals surface area contributed by atoms with Crippen LogP contribution in [0, 0.1) is 11.6 Å². The van der Waals surface area contributed by atoms with E-state index in [-0.39, 0.29) is 28.9 Å². The highest BCUT2D eigenvalue weighted by Gasteiger charge is 2.54. The van der Waals surface area contributed by atoms with E-state index in [0.717, 1.165) is 4.90 Å². The lowest BCUT2D eigenvalue weighted by Gasteiger charge is -2.40. The number of anilines is 1. The Morgan fingerprint density at radius 3 is 2.44 bits per heavy atom. The van der Waals surface area contributed by atoms with Crippen LogP contribution >= 0.6 is 11.6 Å². The molecular weight excluding hydrogens is 442 g/mol. The predicted molar refractivity (Wildman–Crippen MR) is 112 cm³/mol. The summed E-state index contributed by atoms with van der Waals surface area (Å²) in [6.07, 6.45) is -0.867. The molecule has 0 aliphatic carbocycles. The number of halogens is 3. The topological polar surface area (TPSA) is 74.6 Å². The molecule has 1 fully saturated rings. The predicted octanol–water partition coefficient (Wildman–Crippen LogP) is 3.29. The monoisotopic (exact) mass is 458 g/mol. The molecule has 3 amide bonds. The molecular formula is C21H17ClF2N6O2. The largest absolute Gasteiger partial charge is 0.327 e. The van der Waals surface area contributed by atoms with Crippen LogP contribution in [-0.2, 0) is 11.3 Å². The van der Waals surface area contributed by atoms with Gasteiger partial charge in [0.2, 0.25) is 5.95 Å². The second-order valence-corrected chi connectivity index (χ2v) is 8.07. The summed E-state index contributed by atoms with van der Waals surface area (Å²) >= 11 is 6.26. The van der Waals surface area contributed by atoms with E-state index in [1.165, 1.54) is 47.8 Å². The number of carbonyl (C=O) groups is 2. The lowest BCUT2D eigenvalue weighted by Crippen LogP contribution is -2.61. The van der Waals surface area contributed by atoms with E-state index in [0.29, 0.717) is 5.56 Å². The summed E-state index contributed by atoms with van der Waals surface area (Å²) < 4.78 is 30.7. The van der Waals surface area contributed by atoms with Crippen molar-refractivity contribution in [1.82, 2.24) is 24.6 Å². The van der Waals surface area contributed by atoms with Crippen molar-refractivity contribution in [3.8, 4) is 11.4 Å². The summed E-state index contributed by atoms with van der Waals surface area (Å²) in [5.74, 6) is -1.26. The number of carbonyl (C=O) groups excluding carboxylic acids is 2. The number of aromatic nitrogens is 3. The number of hydrogen-bond acceptors (Lipinski definition) is 5. The van der Waals surface area contributed by atoms with Gasteiger partial charge < -0.3 is 9.80 Å². The molecule has 2 aliphatic heterocycles. The van der Waals surface area contributed by atoms with Crippen LogP contribution in [0.2, 0.25) is 5.02 Å². The van der Waals surface area contributed by atoms with Crippen molar-refractivity contribution >= 4 is 29.5 Å². The summed E-state index contributed by atoms with van der Waals surface area (Å²) in [4.78, 5) is 29.8. The lowest BCUT2D eigenvalue weighted by molar-refractivity contribution is -0.133. The Bertz CT molecular complexity index is 1240. The molecule has 0 N–H and O–H groups in total. The minimum atomic E-state index is -0.905. The summed E-state index contributed by atoms with van der Waals surface area (Å²) in [7, 11) is 2.92. The zero-order chi connectivity index (χ0) is 22.7. The average molecular weight is 459 g/mol. The Balaban J connectivity index is 1.71. The first-order chi connectivity index (χ1) is 15.3. The molecule has 5 rings (SSSR count). The zero-order valence-electron chi connectivity index (χ0n) is 17.0. The molecule has 2 aliphatic rings. The number of amides is 3. The molecule has 32 heavy (non-hydrogen) atoms. The molecule has 1 aromatic heterocycles. The number of imide groups is 1. The minimum Gasteiger partial charge on any atom is -0.320 e. The van der Waals surface area contributed by atoms with Crippen molar-refractivity contribution in [3.63, 3.8) is 0 Å². The van der Waals surface area contributed by atoms with E-state index in [1.807, 2.05) is 0 Å². The van der Waals surface area contributed by atoms with Crippen molar-refractivity contribution in [2.75, 3.05) is 19.0 Å². The van der Waals surface area contributed by atoms with Gasteiger partial charge in [-0.25, -0.2) is 13.6 Å². The standard InChI is InChI=1S/C21H17ClF2N6O2/c1-27-18-16(19(31)28(2)21(27)32)29(10-11-6-3-4-8-13(11)23)20-26-25-17(30(18)20)15-12(22)7-5-9-14(15)24/h3-9,16,18H,10H2,1-2H3. The van der Waals surface area contributed by atoms with Crippen LogP contribution < -0.4 is 4.90 Å². The molecule has 0 spiro atoms. The van der Waals surface area contributed by atoms with Crippen LogP contribution in [0.25, 0.3) is 11.4 Å². The average Bonchev–Trinajstić information content (AvgIpc) is 3.31. The van der Waals surface area contributed by atoms with Crippen LogP contribution in [0.3, 0.4) is 0 Å². The van der Waals surface area contributed by atoms with Crippen LogP contribution in [0.5, 0.6) is 0 Å². The number of benzene rings is 2. The van der Waals surface area contributed by atoms with Crippen molar-refractivity contribution in [3.05, 3.63) is 64.7 Å². The van der Waals surface area contributed by atoms with Gasteiger partial charge in [-0.2, -0.15) is 0 Å². The van der Waals surface area contributed by atoms with Gasteiger partial charge >= 0.3 is 6.03 Å². The van der Waals surface area contributed by atoms with Crippen LogP contribution in [0.4, 0.5) is 19.5 Å². The van der Waals surface area contributed by atoms with Gasteiger partial charge in [0.15, 0.2) is 11.9 Å². The second-order valence-electron chi connectivity index (χ2n) is 7.66. The van der Waals surface area contributed by atoms with Crippen LogP contribution in [0.1, 0.15) is 11.7 Å². The molecule has 2 aromatic carbocycles. The fraction of sp³-hybridized carbons (Fsp3) is 0.238. The fourth-order valence-electron chi connectivity index (χ4n) is 4.30. The third-order valence-electron chi connectivity index (χ3n) is 5.87. The highest BCUT2D eigenvalue weighted by atomic mass is 35.5. The molecule has 164 valence electrons. The Labute approximate surface area is 186 Å². The molecule has 0 bridgehead atoms. The van der Waals surface area contributed by atoms with Gasteiger partial charge in [-0.3, -0.25) is 14.3 Å². The molecule has 0 saturated carbocycles. The number of fused-ring (bicyclic) bond motifs is 3. The minimum absolute atomic E-state index is 0.00140. The molecule has 11 heteroatoms. The van der Waals surface area contributed by atoms with Gasteiger partial charge in [-0.1, -0.05) is 35.9 Å². The molecule has 3 heterocycles. The zero-order valence-corrected chi connectivity index (χ0v) is 17.8. The van der Waals surface area contributed by atoms with Crippen molar-refractivity contribution in [1.29, 1.82) is 0 Å². The summed E-state index contributed by atoms with van der Waals surface area (Å²) in [5.41, 5.74) is 0.342. The molecule has 0 radical (unpaired) electrons. The molecule has 8 nitrogen and oxygen atoms in total. The first kappa shape index (κ1) is 20.4. The molecule has 1 saturated heterocycles. The third kappa shape index (κ3) is 2.79. The quantitative estimate of drug-likeness (QED) is 0.602. The van der Waals surface area contributed by atoms with E-state index < -0.39 is 35.8 Å². The van der Waals surface area contributed by atoms with Crippen LogP contribution in [-0.4, -0.2) is 56.6 Å². The number of likely N-dealkylation sites (N-methyl/N-ethyl adjacent to an activating group) is 2. The highest BCUT2D eigenvalue weighted by molar-refractivity contribution is 6.33. The fourth-order valence-corrected chi connectivity index (χ4v) is 4.55. The van der Waals surface area contributed by atoms with Gasteiger partial charge in [-0.05, 0) is 18.2 Å². The first-order valence-corrected chi connectivity index (χ1v) is 10.1. The van der Waals surface area contributed by atoms with Gasteiger partial charge in [0.25, 0.3) is 5.91 Å². The highest BCUT2D eigenvalue weighted by Crippen LogP contribution is 2.44. The van der Waals surface area contributed by atoms with Crippen molar-refractivity contribution in [2.24, 2.45) is 0 Å². The first-order valence-electron chi connectivity index (χ1n) is 9.75. The maximum Gasteiger partial charge on any atom is 0.327 e. The van der Waals surface area contributed by atoms with Gasteiger partial charge in [0.05, 0.1) is 10.6 Å². The normalized spacial score (nSPS) is 20.1. The smallest absolute Gasteiger partial charge is 0.320 e. The Hall–Kier alpha value is -3.53. The second kappa shape index (κ2) is 7.27. The molecule has 2 atom stereocenters. The Morgan fingerprint density at radius 1 is 1.00 bits per heavy atom. The third-order valence-corrected chi connectivity index (χ3v) is 6.19. The van der Waals surface area contributed by atoms with E-state index in [1.54, 1.807) is 23.1 Å². The number of urea groups is 1. The maximum absolute atomic E-state index is 14.7. The molecule has 2 unspecified atom stereocenters. The van der Waals surface area contributed by atoms with E-state index in [4.69, 9.17) is 11.6 Å². The number of rotatable bonds is 3. The number of nitrogens with zero attached hydrogens (tertiary/aromatic N) is 6. The lowest BCUT2D eigenvalue weighted by atomic mass is 10.1. The van der Waals surface area contributed by atoms with E-state index in [9.17, 15) is 18.4 Å². The van der Waals surface area contributed by atoms with Crippen molar-refractivity contribution in [2.45, 2.75) is 18.8 Å². The van der Waals surface area contributed by atoms with Crippen molar-refractivity contribution < 1.29 is 18.4 Å². The Morgan fingerprint density at radius 2 is 1.72 bits per heavy atom. The summed E-state index contributed by atoms with van der Waals surface area (Å²) in [6.45, 7) is -0.00140.